The number of piperidine rings is 1. The Morgan fingerprint density at radius 2 is 2.19 bits per heavy atom. The minimum atomic E-state index is -1.16. The second-order valence-electron chi connectivity index (χ2n) is 6.85. The van der Waals surface area contributed by atoms with Gasteiger partial charge in [-0.1, -0.05) is 18.2 Å². The third-order valence-electron chi connectivity index (χ3n) is 4.77. The number of aliphatic carboxylic acids is 1. The molecule has 0 radical (unpaired) electrons. The average molecular weight is 355 g/mol. The van der Waals surface area contributed by atoms with E-state index >= 15 is 0 Å². The minimum absolute atomic E-state index is 0.455. The molecule has 26 heavy (non-hydrogen) atoms. The molecule has 0 bridgehead atoms. The third-order valence-corrected chi connectivity index (χ3v) is 4.77. The number of aryl methyl sites for hydroxylation is 1. The summed E-state index contributed by atoms with van der Waals surface area (Å²) < 4.78 is 7.81. The number of carboxylic acid groups (broad SMARTS) is 1. The summed E-state index contributed by atoms with van der Waals surface area (Å²) in [6.45, 7) is 8.47. The summed E-state index contributed by atoms with van der Waals surface area (Å²) in [5.41, 5.74) is 1.02. The molecule has 0 spiro atoms. The molecule has 2 heterocycles. The highest BCUT2D eigenvalue weighted by Crippen LogP contribution is 2.30. The van der Waals surface area contributed by atoms with Crippen LogP contribution in [0.3, 0.4) is 0 Å². The zero-order chi connectivity index (χ0) is 18.6. The van der Waals surface area contributed by atoms with Gasteiger partial charge in [-0.3, -0.25) is 9.58 Å². The van der Waals surface area contributed by atoms with Crippen molar-refractivity contribution in [2.24, 2.45) is 0 Å². The molecule has 6 nitrogen and oxygen atoms in total. The van der Waals surface area contributed by atoms with Gasteiger partial charge in [0.15, 0.2) is 0 Å². The normalized spacial score (nSPS) is 17.0. The van der Waals surface area contributed by atoms with Gasteiger partial charge in [0.25, 0.3) is 0 Å². The van der Waals surface area contributed by atoms with Crippen LogP contribution in [0, 0.1) is 6.92 Å². The molecule has 1 aliphatic heterocycles. The largest absolute Gasteiger partial charge is 0.478 e. The summed E-state index contributed by atoms with van der Waals surface area (Å²) in [6, 6.07) is 7.55. The smallest absolute Gasteiger partial charge is 0.348 e. The quantitative estimate of drug-likeness (QED) is 0.774. The van der Waals surface area contributed by atoms with Gasteiger partial charge in [-0.25, -0.2) is 4.79 Å². The Labute approximate surface area is 153 Å². The highest BCUT2D eigenvalue weighted by Gasteiger charge is 2.44. The predicted molar refractivity (Wildman–Crippen MR) is 99.1 cm³/mol. The molecule has 1 aliphatic rings. The zero-order valence-corrected chi connectivity index (χ0v) is 15.1. The van der Waals surface area contributed by atoms with Crippen LogP contribution in [0.5, 0.6) is 5.75 Å². The van der Waals surface area contributed by atoms with E-state index in [0.29, 0.717) is 38.2 Å². The molecule has 2 aromatic rings. The second kappa shape index (κ2) is 7.74. The topological polar surface area (TPSA) is 67.6 Å². The van der Waals surface area contributed by atoms with Crippen molar-refractivity contribution in [3.8, 4) is 5.75 Å². The Hall–Kier alpha value is -2.60. The molecule has 138 valence electrons. The maximum atomic E-state index is 11.9. The summed E-state index contributed by atoms with van der Waals surface area (Å²) in [4.78, 5) is 14.2. The van der Waals surface area contributed by atoms with Gasteiger partial charge in [-0.15, -0.1) is 6.58 Å². The van der Waals surface area contributed by atoms with Crippen molar-refractivity contribution in [2.75, 3.05) is 13.1 Å². The Morgan fingerprint density at radius 1 is 1.42 bits per heavy atom. The van der Waals surface area contributed by atoms with Crippen molar-refractivity contribution in [3.05, 3.63) is 60.4 Å². The van der Waals surface area contributed by atoms with E-state index in [0.717, 1.165) is 17.7 Å². The SMILES string of the molecule is C=CCn1cc(CN2CCC(Oc3cccc(C)c3)(C(=O)O)CC2)cn1. The minimum Gasteiger partial charge on any atom is -0.478 e. The Balaban J connectivity index is 1.63. The number of nitrogens with zero attached hydrogens (tertiary/aromatic N) is 3. The van der Waals surface area contributed by atoms with Crippen LogP contribution >= 0.6 is 0 Å². The molecule has 1 fully saturated rings. The van der Waals surface area contributed by atoms with E-state index in [9.17, 15) is 9.90 Å². The molecule has 6 heteroatoms. The molecule has 1 aromatic heterocycles. The monoisotopic (exact) mass is 355 g/mol. The lowest BCUT2D eigenvalue weighted by Crippen LogP contribution is -2.53. The fraction of sp³-hybridized carbons (Fsp3) is 0.400. The van der Waals surface area contributed by atoms with E-state index < -0.39 is 11.6 Å². The molecule has 1 saturated heterocycles. The fourth-order valence-corrected chi connectivity index (χ4v) is 3.31. The van der Waals surface area contributed by atoms with Gasteiger partial charge in [0.1, 0.15) is 5.75 Å². The summed E-state index contributed by atoms with van der Waals surface area (Å²) in [6.07, 6.45) is 6.57. The standard InChI is InChI=1S/C20H25N3O3/c1-3-9-23-15-17(13-21-23)14-22-10-7-20(8-11-22,19(24)25)26-18-6-4-5-16(2)12-18/h3-6,12-13,15H,1,7-11,14H2,2H3,(H,24,25). The number of hydrogen-bond acceptors (Lipinski definition) is 4. The highest BCUT2D eigenvalue weighted by atomic mass is 16.5. The summed E-state index contributed by atoms with van der Waals surface area (Å²) in [5, 5.41) is 14.1. The molecule has 0 amide bonds. The van der Waals surface area contributed by atoms with Gasteiger partial charge in [-0.05, 0) is 24.6 Å². The number of rotatable bonds is 7. The Bertz CT molecular complexity index is 776. The van der Waals surface area contributed by atoms with Crippen molar-refractivity contribution < 1.29 is 14.6 Å². The van der Waals surface area contributed by atoms with Crippen LogP contribution in [0.2, 0.25) is 0 Å². The molecule has 0 unspecified atom stereocenters. The number of likely N-dealkylation sites (tertiary alicyclic amines) is 1. The predicted octanol–water partition coefficient (Wildman–Crippen LogP) is 2.88. The van der Waals surface area contributed by atoms with Crippen LogP contribution < -0.4 is 4.74 Å². The first-order chi connectivity index (χ1) is 12.5. The molecule has 0 saturated carbocycles. The number of aromatic nitrogens is 2. The van der Waals surface area contributed by atoms with E-state index in [-0.39, 0.29) is 0 Å². The molecule has 3 rings (SSSR count). The van der Waals surface area contributed by atoms with Crippen LogP contribution in [0.25, 0.3) is 0 Å². The second-order valence-corrected chi connectivity index (χ2v) is 6.85. The molecule has 1 aromatic carbocycles. The van der Waals surface area contributed by atoms with Crippen molar-refractivity contribution in [3.63, 3.8) is 0 Å². The van der Waals surface area contributed by atoms with Crippen LogP contribution in [-0.2, 0) is 17.9 Å². The van der Waals surface area contributed by atoms with Gasteiger partial charge >= 0.3 is 5.97 Å². The van der Waals surface area contributed by atoms with Crippen LogP contribution in [0.1, 0.15) is 24.0 Å². The molecule has 1 N–H and O–H groups in total. The molecule has 0 aliphatic carbocycles. The first kappa shape index (κ1) is 18.2. The first-order valence-corrected chi connectivity index (χ1v) is 8.84. The van der Waals surface area contributed by atoms with E-state index in [1.54, 1.807) is 0 Å². The first-order valence-electron chi connectivity index (χ1n) is 8.84. The molecule has 0 atom stereocenters. The number of allylic oxidation sites excluding steroid dienone is 1. The number of ether oxygens (including phenoxy) is 1. The van der Waals surface area contributed by atoms with E-state index in [2.05, 4.69) is 16.6 Å². The lowest BCUT2D eigenvalue weighted by Gasteiger charge is -2.38. The Morgan fingerprint density at radius 3 is 2.85 bits per heavy atom. The lowest BCUT2D eigenvalue weighted by atomic mass is 9.91. The molecular formula is C20H25N3O3. The number of carbonyl (C=O) groups is 1. The van der Waals surface area contributed by atoms with Gasteiger partial charge in [0.05, 0.1) is 12.7 Å². The van der Waals surface area contributed by atoms with Gasteiger partial charge in [-0.2, -0.15) is 5.10 Å². The van der Waals surface area contributed by atoms with Gasteiger partial charge in [0.2, 0.25) is 5.60 Å². The maximum absolute atomic E-state index is 11.9. The summed E-state index contributed by atoms with van der Waals surface area (Å²) in [5.74, 6) is -0.274. The van der Waals surface area contributed by atoms with Crippen LogP contribution in [0.4, 0.5) is 0 Å². The van der Waals surface area contributed by atoms with Crippen molar-refractivity contribution in [2.45, 2.75) is 38.5 Å². The molecular weight excluding hydrogens is 330 g/mol. The zero-order valence-electron chi connectivity index (χ0n) is 15.1. The third kappa shape index (κ3) is 4.14. The van der Waals surface area contributed by atoms with Crippen molar-refractivity contribution in [1.29, 1.82) is 0 Å². The van der Waals surface area contributed by atoms with Gasteiger partial charge in [0, 0.05) is 44.2 Å². The summed E-state index contributed by atoms with van der Waals surface area (Å²) in [7, 11) is 0. The number of benzene rings is 1. The van der Waals surface area contributed by atoms with E-state index in [4.69, 9.17) is 4.74 Å². The van der Waals surface area contributed by atoms with Gasteiger partial charge < -0.3 is 9.84 Å². The highest BCUT2D eigenvalue weighted by molar-refractivity contribution is 5.78. The Kier molecular flexibility index (Phi) is 5.42. The fourth-order valence-electron chi connectivity index (χ4n) is 3.31. The van der Waals surface area contributed by atoms with Crippen molar-refractivity contribution >= 4 is 5.97 Å². The van der Waals surface area contributed by atoms with Crippen LogP contribution in [0.15, 0.2) is 49.3 Å². The lowest BCUT2D eigenvalue weighted by molar-refractivity contribution is -0.159. The van der Waals surface area contributed by atoms with E-state index in [1.807, 2.05) is 54.3 Å². The van der Waals surface area contributed by atoms with Crippen molar-refractivity contribution in [1.82, 2.24) is 14.7 Å². The number of carboxylic acids is 1. The maximum Gasteiger partial charge on any atom is 0.348 e. The van der Waals surface area contributed by atoms with Crippen LogP contribution in [-0.4, -0.2) is 44.4 Å². The average Bonchev–Trinajstić information content (AvgIpc) is 3.04. The van der Waals surface area contributed by atoms with E-state index in [1.165, 1.54) is 0 Å². The summed E-state index contributed by atoms with van der Waals surface area (Å²) >= 11 is 0. The number of hydrogen-bond donors (Lipinski definition) is 1.